The summed E-state index contributed by atoms with van der Waals surface area (Å²) in [5.74, 6) is 1.79. The first kappa shape index (κ1) is 11.3. The Hall–Kier alpha value is 0.310. The van der Waals surface area contributed by atoms with E-state index in [4.69, 9.17) is 0 Å². The van der Waals surface area contributed by atoms with E-state index in [9.17, 15) is 0 Å². The van der Waals surface area contributed by atoms with E-state index in [-0.39, 0.29) is 0 Å². The van der Waals surface area contributed by atoms with Crippen LogP contribution in [0.3, 0.4) is 0 Å². The first-order valence-electron chi connectivity index (χ1n) is 4.53. The van der Waals surface area contributed by atoms with Crippen molar-refractivity contribution in [3.05, 3.63) is 0 Å². The van der Waals surface area contributed by atoms with Crippen molar-refractivity contribution in [3.8, 4) is 0 Å². The maximum absolute atomic E-state index is 4.31. The molecule has 1 unspecified atom stereocenters. The van der Waals surface area contributed by atoms with Gasteiger partial charge in [-0.2, -0.15) is 12.6 Å². The van der Waals surface area contributed by atoms with E-state index in [2.05, 4.69) is 38.4 Å². The molecule has 0 radical (unpaired) electrons. The van der Waals surface area contributed by atoms with Crippen molar-refractivity contribution in [2.75, 3.05) is 25.9 Å². The summed E-state index contributed by atoms with van der Waals surface area (Å²) in [6.45, 7) is 6.87. The quantitative estimate of drug-likeness (QED) is 0.606. The molecule has 0 aliphatic rings. The molecule has 68 valence electrons. The van der Waals surface area contributed by atoms with Gasteiger partial charge in [-0.05, 0) is 31.7 Å². The first-order valence-corrected chi connectivity index (χ1v) is 5.17. The monoisotopic (exact) mass is 175 g/mol. The lowest BCUT2D eigenvalue weighted by atomic mass is 10.1. The van der Waals surface area contributed by atoms with Gasteiger partial charge in [0.15, 0.2) is 0 Å². The molecule has 0 saturated heterocycles. The summed E-state index contributed by atoms with van der Waals surface area (Å²) in [5.41, 5.74) is 0. The zero-order valence-electron chi connectivity index (χ0n) is 8.01. The molecule has 0 aromatic heterocycles. The summed E-state index contributed by atoms with van der Waals surface area (Å²) >= 11 is 4.31. The van der Waals surface area contributed by atoms with Crippen LogP contribution in [0.15, 0.2) is 0 Å². The van der Waals surface area contributed by atoms with Crippen LogP contribution in [0.5, 0.6) is 0 Å². The van der Waals surface area contributed by atoms with Crippen LogP contribution in [0, 0.1) is 5.92 Å². The van der Waals surface area contributed by atoms with Gasteiger partial charge in [-0.3, -0.25) is 0 Å². The van der Waals surface area contributed by atoms with E-state index in [1.807, 2.05) is 0 Å². The summed E-state index contributed by atoms with van der Waals surface area (Å²) in [4.78, 5) is 2.39. The Morgan fingerprint density at radius 3 is 2.36 bits per heavy atom. The van der Waals surface area contributed by atoms with E-state index in [0.717, 1.165) is 11.7 Å². The highest BCUT2D eigenvalue weighted by molar-refractivity contribution is 7.80. The van der Waals surface area contributed by atoms with Crippen LogP contribution in [-0.2, 0) is 0 Å². The first-order chi connectivity index (χ1) is 5.24. The second kappa shape index (κ2) is 6.99. The largest absolute Gasteiger partial charge is 0.306 e. The molecule has 0 spiro atoms. The highest BCUT2D eigenvalue weighted by Gasteiger charge is 2.06. The van der Waals surface area contributed by atoms with Crippen LogP contribution in [-0.4, -0.2) is 30.8 Å². The number of thiol groups is 1. The van der Waals surface area contributed by atoms with Crippen molar-refractivity contribution in [1.29, 1.82) is 0 Å². The molecular formula is C9H21NS. The molecule has 1 atom stereocenters. The van der Waals surface area contributed by atoms with E-state index >= 15 is 0 Å². The zero-order valence-corrected chi connectivity index (χ0v) is 8.90. The standard InChI is InChI=1S/C9H21NS/c1-4-6-10(3)7-9(5-2)8-11/h9,11H,4-8H2,1-3H3. The molecule has 0 rings (SSSR count). The Morgan fingerprint density at radius 2 is 2.00 bits per heavy atom. The van der Waals surface area contributed by atoms with E-state index in [1.54, 1.807) is 0 Å². The molecule has 0 aliphatic carbocycles. The molecule has 0 aromatic carbocycles. The molecule has 0 N–H and O–H groups in total. The average Bonchev–Trinajstić information content (AvgIpc) is 2.01. The van der Waals surface area contributed by atoms with Crippen LogP contribution in [0.1, 0.15) is 26.7 Å². The normalized spacial score (nSPS) is 13.9. The fourth-order valence-corrected chi connectivity index (χ4v) is 1.60. The Balaban J connectivity index is 3.44. The Kier molecular flexibility index (Phi) is 7.18. The molecule has 0 aromatic rings. The fourth-order valence-electron chi connectivity index (χ4n) is 1.23. The second-order valence-electron chi connectivity index (χ2n) is 3.22. The molecular weight excluding hydrogens is 154 g/mol. The Bertz CT molecular complexity index is 81.6. The van der Waals surface area contributed by atoms with Gasteiger partial charge in [0.2, 0.25) is 0 Å². The van der Waals surface area contributed by atoms with Gasteiger partial charge < -0.3 is 4.90 Å². The molecule has 1 nitrogen and oxygen atoms in total. The minimum atomic E-state index is 0.773. The lowest BCUT2D eigenvalue weighted by Gasteiger charge is -2.20. The van der Waals surface area contributed by atoms with E-state index in [1.165, 1.54) is 25.9 Å². The predicted molar refractivity (Wildman–Crippen MR) is 55.4 cm³/mol. The zero-order chi connectivity index (χ0) is 8.69. The Labute approximate surface area is 76.6 Å². The molecule has 0 amide bonds. The number of nitrogens with zero attached hydrogens (tertiary/aromatic N) is 1. The SMILES string of the molecule is CCCN(C)CC(CC)CS. The van der Waals surface area contributed by atoms with Crippen molar-refractivity contribution >= 4 is 12.6 Å². The minimum absolute atomic E-state index is 0.773. The van der Waals surface area contributed by atoms with Crippen molar-refractivity contribution in [1.82, 2.24) is 4.90 Å². The summed E-state index contributed by atoms with van der Waals surface area (Å²) in [7, 11) is 2.19. The van der Waals surface area contributed by atoms with Crippen molar-refractivity contribution in [2.24, 2.45) is 5.92 Å². The highest BCUT2D eigenvalue weighted by atomic mass is 32.1. The van der Waals surface area contributed by atoms with Crippen LogP contribution in [0.25, 0.3) is 0 Å². The predicted octanol–water partition coefficient (Wildman–Crippen LogP) is 2.28. The summed E-state index contributed by atoms with van der Waals surface area (Å²) in [6.07, 6.45) is 2.50. The maximum Gasteiger partial charge on any atom is 0.00143 e. The average molecular weight is 175 g/mol. The third-order valence-corrected chi connectivity index (χ3v) is 2.53. The van der Waals surface area contributed by atoms with Gasteiger partial charge in [0.05, 0.1) is 0 Å². The number of hydrogen-bond donors (Lipinski definition) is 1. The molecule has 0 fully saturated rings. The van der Waals surface area contributed by atoms with Gasteiger partial charge in [0.1, 0.15) is 0 Å². The van der Waals surface area contributed by atoms with E-state index < -0.39 is 0 Å². The van der Waals surface area contributed by atoms with Gasteiger partial charge in [-0.1, -0.05) is 20.3 Å². The van der Waals surface area contributed by atoms with Gasteiger partial charge >= 0.3 is 0 Å². The second-order valence-corrected chi connectivity index (χ2v) is 3.58. The van der Waals surface area contributed by atoms with Crippen LogP contribution < -0.4 is 0 Å². The molecule has 11 heavy (non-hydrogen) atoms. The third kappa shape index (κ3) is 5.57. The topological polar surface area (TPSA) is 3.24 Å². The molecule has 2 heteroatoms. The summed E-state index contributed by atoms with van der Waals surface area (Å²) < 4.78 is 0. The smallest absolute Gasteiger partial charge is 0.00143 e. The lowest BCUT2D eigenvalue weighted by molar-refractivity contribution is 0.285. The molecule has 0 aliphatic heterocycles. The van der Waals surface area contributed by atoms with Crippen LogP contribution >= 0.6 is 12.6 Å². The molecule has 0 bridgehead atoms. The molecule has 0 saturated carbocycles. The lowest BCUT2D eigenvalue weighted by Crippen LogP contribution is -2.26. The van der Waals surface area contributed by atoms with Crippen LogP contribution in [0.2, 0.25) is 0 Å². The fraction of sp³-hybridized carbons (Fsp3) is 1.00. The maximum atomic E-state index is 4.31. The van der Waals surface area contributed by atoms with Crippen molar-refractivity contribution in [2.45, 2.75) is 26.7 Å². The highest BCUT2D eigenvalue weighted by Crippen LogP contribution is 2.06. The molecule has 0 heterocycles. The minimum Gasteiger partial charge on any atom is -0.306 e. The number of rotatable bonds is 6. The van der Waals surface area contributed by atoms with Crippen molar-refractivity contribution in [3.63, 3.8) is 0 Å². The third-order valence-electron chi connectivity index (χ3n) is 2.01. The van der Waals surface area contributed by atoms with Crippen molar-refractivity contribution < 1.29 is 0 Å². The van der Waals surface area contributed by atoms with Gasteiger partial charge in [-0.15, -0.1) is 0 Å². The van der Waals surface area contributed by atoms with Gasteiger partial charge in [0.25, 0.3) is 0 Å². The van der Waals surface area contributed by atoms with Crippen LogP contribution in [0.4, 0.5) is 0 Å². The van der Waals surface area contributed by atoms with Gasteiger partial charge in [0, 0.05) is 6.54 Å². The summed E-state index contributed by atoms with van der Waals surface area (Å²) in [5, 5.41) is 0. The number of hydrogen-bond acceptors (Lipinski definition) is 2. The Morgan fingerprint density at radius 1 is 1.36 bits per heavy atom. The summed E-state index contributed by atoms with van der Waals surface area (Å²) in [6, 6.07) is 0. The van der Waals surface area contributed by atoms with Gasteiger partial charge in [-0.25, -0.2) is 0 Å². The van der Waals surface area contributed by atoms with E-state index in [0.29, 0.717) is 0 Å².